The summed E-state index contributed by atoms with van der Waals surface area (Å²) in [6.45, 7) is 1.55. The van der Waals surface area contributed by atoms with Crippen molar-refractivity contribution in [1.29, 1.82) is 5.26 Å². The van der Waals surface area contributed by atoms with E-state index in [-0.39, 0.29) is 29.4 Å². The van der Waals surface area contributed by atoms with Crippen molar-refractivity contribution in [3.05, 3.63) is 88.5 Å². The zero-order chi connectivity index (χ0) is 21.5. The molecule has 2 heterocycles. The van der Waals surface area contributed by atoms with Gasteiger partial charge in [0.2, 0.25) is 11.8 Å². The normalized spacial score (nSPS) is 20.2. The largest absolute Gasteiger partial charge is 0.457 e. The molecule has 30 heavy (non-hydrogen) atoms. The van der Waals surface area contributed by atoms with Crippen molar-refractivity contribution >= 4 is 17.6 Å². The van der Waals surface area contributed by atoms with E-state index in [0.29, 0.717) is 11.3 Å². The number of carbonyl (C=O) groups is 2. The molecule has 2 aliphatic heterocycles. The van der Waals surface area contributed by atoms with Crippen LogP contribution in [-0.4, -0.2) is 18.9 Å². The number of ether oxygens (including phenoxy) is 2. The highest BCUT2D eigenvalue weighted by Gasteiger charge is 2.61. The Morgan fingerprint density at radius 3 is 2.57 bits per heavy atom. The number of nitrogens with zero attached hydrogens (tertiary/aromatic N) is 2. The van der Waals surface area contributed by atoms with Crippen molar-refractivity contribution in [3.63, 3.8) is 0 Å². The summed E-state index contributed by atoms with van der Waals surface area (Å²) in [6.07, 6.45) is 0. The van der Waals surface area contributed by atoms with Crippen molar-refractivity contribution in [1.82, 2.24) is 0 Å². The van der Waals surface area contributed by atoms with Crippen LogP contribution in [0.4, 0.5) is 5.69 Å². The van der Waals surface area contributed by atoms with E-state index in [1.54, 1.807) is 31.3 Å². The van der Waals surface area contributed by atoms with Gasteiger partial charge >= 0.3 is 5.97 Å². The first kappa shape index (κ1) is 19.3. The van der Waals surface area contributed by atoms with Gasteiger partial charge in [0.15, 0.2) is 5.41 Å². The fraction of sp³-hybridized carbons (Fsp3) is 0.174. The summed E-state index contributed by atoms with van der Waals surface area (Å²) >= 11 is 0. The topological polar surface area (TPSA) is 106 Å². The number of rotatable bonds is 3. The van der Waals surface area contributed by atoms with E-state index in [4.69, 9.17) is 15.2 Å². The SMILES string of the molecule is CC1=C(C(=O)OCc2ccccc2)[C@]2(C(=O)N(C)c3ccccc32)C(C#N)=C(N)O1. The van der Waals surface area contributed by atoms with Crippen LogP contribution in [-0.2, 0) is 31.1 Å². The maximum absolute atomic E-state index is 13.6. The fourth-order valence-corrected chi connectivity index (χ4v) is 4.11. The third kappa shape index (κ3) is 2.58. The number of para-hydroxylation sites is 1. The molecule has 2 aliphatic rings. The number of esters is 1. The van der Waals surface area contributed by atoms with Gasteiger partial charge in [0.1, 0.15) is 29.6 Å². The summed E-state index contributed by atoms with van der Waals surface area (Å²) in [5.74, 6) is -1.27. The fourth-order valence-electron chi connectivity index (χ4n) is 4.11. The average Bonchev–Trinajstić information content (AvgIpc) is 2.96. The third-order valence-electron chi connectivity index (χ3n) is 5.44. The molecule has 1 atom stereocenters. The Morgan fingerprint density at radius 2 is 1.87 bits per heavy atom. The first-order valence-electron chi connectivity index (χ1n) is 9.31. The van der Waals surface area contributed by atoms with Gasteiger partial charge < -0.3 is 20.1 Å². The summed E-state index contributed by atoms with van der Waals surface area (Å²) in [5, 5.41) is 9.90. The summed E-state index contributed by atoms with van der Waals surface area (Å²) in [4.78, 5) is 28.3. The molecule has 2 aromatic carbocycles. The molecule has 2 N–H and O–H groups in total. The highest BCUT2D eigenvalue weighted by Crippen LogP contribution is 2.53. The lowest BCUT2D eigenvalue weighted by atomic mass is 9.68. The van der Waals surface area contributed by atoms with Crippen LogP contribution in [0.3, 0.4) is 0 Å². The van der Waals surface area contributed by atoms with Gasteiger partial charge in [0, 0.05) is 18.3 Å². The van der Waals surface area contributed by atoms with Crippen LogP contribution in [0.5, 0.6) is 0 Å². The Morgan fingerprint density at radius 1 is 1.20 bits per heavy atom. The molecule has 150 valence electrons. The van der Waals surface area contributed by atoms with Crippen LogP contribution in [0.15, 0.2) is 77.4 Å². The van der Waals surface area contributed by atoms with E-state index < -0.39 is 17.3 Å². The quantitative estimate of drug-likeness (QED) is 0.793. The average molecular weight is 401 g/mol. The predicted molar refractivity (Wildman–Crippen MR) is 108 cm³/mol. The Bertz CT molecular complexity index is 1160. The lowest BCUT2D eigenvalue weighted by Gasteiger charge is -2.34. The lowest BCUT2D eigenvalue weighted by Crippen LogP contribution is -2.47. The van der Waals surface area contributed by atoms with Crippen LogP contribution >= 0.6 is 0 Å². The molecule has 0 aliphatic carbocycles. The molecule has 0 fully saturated rings. The predicted octanol–water partition coefficient (Wildman–Crippen LogP) is 2.64. The summed E-state index contributed by atoms with van der Waals surface area (Å²) < 4.78 is 11.0. The molecule has 7 heteroatoms. The Kier molecular flexibility index (Phi) is 4.55. The molecular weight excluding hydrogens is 382 g/mol. The number of carbonyl (C=O) groups excluding carboxylic acids is 2. The molecule has 0 aromatic heterocycles. The van der Waals surface area contributed by atoms with Crippen molar-refractivity contribution in [2.24, 2.45) is 5.73 Å². The number of nitrogens with two attached hydrogens (primary N) is 1. The van der Waals surface area contributed by atoms with Gasteiger partial charge in [-0.05, 0) is 18.6 Å². The second kappa shape index (κ2) is 7.08. The molecule has 7 nitrogen and oxygen atoms in total. The first-order chi connectivity index (χ1) is 14.4. The van der Waals surface area contributed by atoms with Crippen LogP contribution in [0.25, 0.3) is 0 Å². The second-order valence-corrected chi connectivity index (χ2v) is 7.08. The molecule has 4 rings (SSSR count). The number of benzene rings is 2. The molecular formula is C23H19N3O4. The number of amides is 1. The van der Waals surface area contributed by atoms with E-state index in [9.17, 15) is 14.9 Å². The molecule has 0 saturated heterocycles. The smallest absolute Gasteiger partial charge is 0.339 e. The molecule has 1 amide bonds. The minimum absolute atomic E-state index is 0.0132. The van der Waals surface area contributed by atoms with Gasteiger partial charge in [0.25, 0.3) is 0 Å². The first-order valence-corrected chi connectivity index (χ1v) is 9.31. The van der Waals surface area contributed by atoms with Crippen LogP contribution < -0.4 is 10.6 Å². The van der Waals surface area contributed by atoms with Crippen LogP contribution in [0.1, 0.15) is 18.1 Å². The van der Waals surface area contributed by atoms with Crippen LogP contribution in [0.2, 0.25) is 0 Å². The van der Waals surface area contributed by atoms with Gasteiger partial charge in [-0.25, -0.2) is 4.79 Å². The zero-order valence-corrected chi connectivity index (χ0v) is 16.5. The second-order valence-electron chi connectivity index (χ2n) is 7.08. The van der Waals surface area contributed by atoms with E-state index >= 15 is 0 Å². The van der Waals surface area contributed by atoms with E-state index in [0.717, 1.165) is 5.56 Å². The molecule has 0 saturated carbocycles. The monoisotopic (exact) mass is 401 g/mol. The summed E-state index contributed by atoms with van der Waals surface area (Å²) in [7, 11) is 1.60. The maximum Gasteiger partial charge on any atom is 0.339 e. The minimum atomic E-state index is -1.71. The van der Waals surface area contributed by atoms with Gasteiger partial charge in [-0.1, -0.05) is 48.5 Å². The van der Waals surface area contributed by atoms with E-state index in [1.165, 1.54) is 11.8 Å². The summed E-state index contributed by atoms with van der Waals surface area (Å²) in [5.41, 5.74) is 6.01. The Hall–Kier alpha value is -4.05. The van der Waals surface area contributed by atoms with Crippen molar-refractivity contribution in [2.75, 3.05) is 11.9 Å². The number of fused-ring (bicyclic) bond motifs is 2. The number of hydrogen-bond acceptors (Lipinski definition) is 6. The van der Waals surface area contributed by atoms with Gasteiger partial charge in [-0.3, -0.25) is 4.79 Å². The molecule has 1 spiro atoms. The van der Waals surface area contributed by atoms with Gasteiger partial charge in [0.05, 0.1) is 0 Å². The third-order valence-corrected chi connectivity index (χ3v) is 5.44. The lowest BCUT2D eigenvalue weighted by molar-refractivity contribution is -0.142. The van der Waals surface area contributed by atoms with Crippen molar-refractivity contribution in [3.8, 4) is 6.07 Å². The van der Waals surface area contributed by atoms with Gasteiger partial charge in [-0.2, -0.15) is 5.26 Å². The molecule has 0 radical (unpaired) electrons. The molecule has 0 bridgehead atoms. The highest BCUT2D eigenvalue weighted by molar-refractivity contribution is 6.18. The molecule has 0 unspecified atom stereocenters. The number of likely N-dealkylation sites (N-methyl/N-ethyl adjacent to an activating group) is 1. The van der Waals surface area contributed by atoms with Crippen molar-refractivity contribution in [2.45, 2.75) is 18.9 Å². The van der Waals surface area contributed by atoms with Crippen molar-refractivity contribution < 1.29 is 19.1 Å². The summed E-state index contributed by atoms with van der Waals surface area (Å²) in [6, 6.07) is 18.2. The van der Waals surface area contributed by atoms with E-state index in [2.05, 4.69) is 0 Å². The number of hydrogen-bond donors (Lipinski definition) is 1. The molecule has 2 aromatic rings. The Balaban J connectivity index is 1.87. The van der Waals surface area contributed by atoms with Gasteiger partial charge in [-0.15, -0.1) is 0 Å². The number of anilines is 1. The minimum Gasteiger partial charge on any atom is -0.457 e. The zero-order valence-electron chi connectivity index (χ0n) is 16.5. The Labute approximate surface area is 173 Å². The standard InChI is InChI=1S/C23H19N3O4/c1-14-19(21(27)29-13-15-8-4-3-5-9-15)23(17(12-24)20(25)30-14)16-10-6-7-11-18(16)26(2)22(23)28/h3-11H,13,25H2,1-2H3/t23-/m1/s1. The van der Waals surface area contributed by atoms with Crippen LogP contribution in [0, 0.1) is 11.3 Å². The van der Waals surface area contributed by atoms with E-state index in [1.807, 2.05) is 36.4 Å². The number of nitriles is 1. The number of allylic oxidation sites excluding steroid dienone is 1. The highest BCUT2D eigenvalue weighted by atomic mass is 16.5. The maximum atomic E-state index is 13.6.